The second kappa shape index (κ2) is 6.53. The smallest absolute Gasteiger partial charge is 0.151 e. The summed E-state index contributed by atoms with van der Waals surface area (Å²) in [7, 11) is -2.93. The van der Waals surface area contributed by atoms with Gasteiger partial charge in [0, 0.05) is 17.8 Å². The van der Waals surface area contributed by atoms with Gasteiger partial charge in [0.15, 0.2) is 9.84 Å². The van der Waals surface area contributed by atoms with Crippen LogP contribution < -0.4 is 5.32 Å². The van der Waals surface area contributed by atoms with Crippen LogP contribution in [0, 0.1) is 13.8 Å². The third kappa shape index (κ3) is 4.96. The summed E-state index contributed by atoms with van der Waals surface area (Å²) >= 11 is 0. The topological polar surface area (TPSA) is 46.2 Å². The molecule has 2 unspecified atom stereocenters. The van der Waals surface area contributed by atoms with Crippen molar-refractivity contribution in [1.82, 2.24) is 5.32 Å². The SMILES string of the molecule is CCS(=O)(=O)CC(C)NC(C)c1ccc(C)cc1C. The molecule has 1 aromatic carbocycles. The Morgan fingerprint density at radius 2 is 1.84 bits per heavy atom. The van der Waals surface area contributed by atoms with E-state index in [9.17, 15) is 8.42 Å². The molecule has 2 atom stereocenters. The van der Waals surface area contributed by atoms with Gasteiger partial charge in [-0.1, -0.05) is 30.7 Å². The molecule has 4 heteroatoms. The first-order valence-electron chi connectivity index (χ1n) is 6.78. The Morgan fingerprint density at radius 3 is 2.37 bits per heavy atom. The lowest BCUT2D eigenvalue weighted by molar-refractivity contribution is 0.498. The van der Waals surface area contributed by atoms with E-state index in [2.05, 4.69) is 44.3 Å². The summed E-state index contributed by atoms with van der Waals surface area (Å²) in [4.78, 5) is 0. The average Bonchev–Trinajstić information content (AvgIpc) is 2.27. The summed E-state index contributed by atoms with van der Waals surface area (Å²) in [5.41, 5.74) is 3.71. The summed E-state index contributed by atoms with van der Waals surface area (Å²) in [6, 6.07) is 6.47. The molecule has 0 aliphatic heterocycles. The Hall–Kier alpha value is -0.870. The van der Waals surface area contributed by atoms with Gasteiger partial charge in [-0.05, 0) is 38.8 Å². The van der Waals surface area contributed by atoms with Crippen LogP contribution in [0.2, 0.25) is 0 Å². The van der Waals surface area contributed by atoms with Gasteiger partial charge in [0.2, 0.25) is 0 Å². The van der Waals surface area contributed by atoms with Crippen LogP contribution in [0.15, 0.2) is 18.2 Å². The molecule has 0 aromatic heterocycles. The van der Waals surface area contributed by atoms with Crippen LogP contribution in [0.5, 0.6) is 0 Å². The van der Waals surface area contributed by atoms with Gasteiger partial charge in [-0.15, -0.1) is 0 Å². The number of rotatable bonds is 6. The quantitative estimate of drug-likeness (QED) is 0.873. The molecule has 0 radical (unpaired) electrons. The maximum Gasteiger partial charge on any atom is 0.151 e. The first-order chi connectivity index (χ1) is 8.75. The van der Waals surface area contributed by atoms with Gasteiger partial charge in [0.05, 0.1) is 5.75 Å². The monoisotopic (exact) mass is 283 g/mol. The molecule has 3 nitrogen and oxygen atoms in total. The summed E-state index contributed by atoms with van der Waals surface area (Å²) in [5, 5.41) is 3.37. The fourth-order valence-electron chi connectivity index (χ4n) is 2.37. The lowest BCUT2D eigenvalue weighted by Gasteiger charge is -2.22. The molecule has 19 heavy (non-hydrogen) atoms. The first kappa shape index (κ1) is 16.2. The van der Waals surface area contributed by atoms with E-state index < -0.39 is 9.84 Å². The van der Waals surface area contributed by atoms with Crippen LogP contribution in [0.25, 0.3) is 0 Å². The fourth-order valence-corrected chi connectivity index (χ4v) is 3.47. The molecule has 0 aliphatic carbocycles. The molecule has 0 aliphatic rings. The molecule has 0 spiro atoms. The van der Waals surface area contributed by atoms with E-state index in [-0.39, 0.29) is 23.6 Å². The number of sulfone groups is 1. The van der Waals surface area contributed by atoms with Crippen molar-refractivity contribution in [2.24, 2.45) is 0 Å². The largest absolute Gasteiger partial charge is 0.307 e. The van der Waals surface area contributed by atoms with E-state index in [4.69, 9.17) is 0 Å². The second-order valence-corrected chi connectivity index (χ2v) is 7.75. The maximum atomic E-state index is 11.6. The minimum Gasteiger partial charge on any atom is -0.307 e. The molecule has 1 N–H and O–H groups in total. The third-order valence-corrected chi connectivity index (χ3v) is 5.26. The third-order valence-electron chi connectivity index (χ3n) is 3.37. The van der Waals surface area contributed by atoms with Crippen molar-refractivity contribution >= 4 is 9.84 Å². The van der Waals surface area contributed by atoms with E-state index in [1.165, 1.54) is 16.7 Å². The Labute approximate surface area is 117 Å². The van der Waals surface area contributed by atoms with Gasteiger partial charge >= 0.3 is 0 Å². The van der Waals surface area contributed by atoms with Gasteiger partial charge in [0.1, 0.15) is 0 Å². The van der Waals surface area contributed by atoms with Gasteiger partial charge in [0.25, 0.3) is 0 Å². The first-order valence-corrected chi connectivity index (χ1v) is 8.61. The van der Waals surface area contributed by atoms with Crippen molar-refractivity contribution in [2.75, 3.05) is 11.5 Å². The molecule has 0 saturated carbocycles. The Balaban J connectivity index is 2.71. The van der Waals surface area contributed by atoms with Crippen molar-refractivity contribution in [3.8, 4) is 0 Å². The van der Waals surface area contributed by atoms with E-state index in [1.54, 1.807) is 6.92 Å². The molecular weight excluding hydrogens is 258 g/mol. The minimum atomic E-state index is -2.93. The Kier molecular flexibility index (Phi) is 5.56. The number of benzene rings is 1. The van der Waals surface area contributed by atoms with E-state index in [0.717, 1.165) is 0 Å². The van der Waals surface area contributed by atoms with Crippen molar-refractivity contribution in [1.29, 1.82) is 0 Å². The van der Waals surface area contributed by atoms with Crippen LogP contribution in [-0.2, 0) is 9.84 Å². The standard InChI is InChI=1S/C15H25NO2S/c1-6-19(17,18)10-13(4)16-14(5)15-8-7-11(2)9-12(15)3/h7-9,13-14,16H,6,10H2,1-5H3. The lowest BCUT2D eigenvalue weighted by atomic mass is 10.00. The summed E-state index contributed by atoms with van der Waals surface area (Å²) in [5.74, 6) is 0.399. The fraction of sp³-hybridized carbons (Fsp3) is 0.600. The van der Waals surface area contributed by atoms with Gasteiger partial charge in [-0.25, -0.2) is 8.42 Å². The minimum absolute atomic E-state index is 0.0411. The van der Waals surface area contributed by atoms with Crippen LogP contribution in [0.3, 0.4) is 0 Å². The molecule has 1 aromatic rings. The van der Waals surface area contributed by atoms with Gasteiger partial charge in [-0.3, -0.25) is 0 Å². The highest BCUT2D eigenvalue weighted by Crippen LogP contribution is 2.19. The highest BCUT2D eigenvalue weighted by molar-refractivity contribution is 7.91. The summed E-state index contributed by atoms with van der Waals surface area (Å²) in [6.07, 6.45) is 0. The van der Waals surface area contributed by atoms with Crippen molar-refractivity contribution in [3.63, 3.8) is 0 Å². The number of hydrogen-bond donors (Lipinski definition) is 1. The van der Waals surface area contributed by atoms with Crippen molar-refractivity contribution < 1.29 is 8.42 Å². The Morgan fingerprint density at radius 1 is 1.21 bits per heavy atom. The van der Waals surface area contributed by atoms with Crippen LogP contribution in [-0.4, -0.2) is 26.0 Å². The van der Waals surface area contributed by atoms with Crippen LogP contribution in [0.1, 0.15) is 43.5 Å². The molecule has 0 saturated heterocycles. The van der Waals surface area contributed by atoms with E-state index in [1.807, 2.05) is 6.92 Å². The zero-order valence-corrected chi connectivity index (χ0v) is 13.3. The Bertz CT molecular complexity index is 523. The zero-order chi connectivity index (χ0) is 14.6. The molecule has 1 rings (SSSR count). The average molecular weight is 283 g/mol. The predicted octanol–water partition coefficient (Wildman–Crippen LogP) is 2.78. The highest BCUT2D eigenvalue weighted by Gasteiger charge is 2.17. The lowest BCUT2D eigenvalue weighted by Crippen LogP contribution is -2.35. The molecule has 0 bridgehead atoms. The maximum absolute atomic E-state index is 11.6. The van der Waals surface area contributed by atoms with E-state index in [0.29, 0.717) is 0 Å². The summed E-state index contributed by atoms with van der Waals surface area (Å²) in [6.45, 7) is 9.86. The molecule has 0 heterocycles. The molecule has 0 amide bonds. The van der Waals surface area contributed by atoms with Crippen LogP contribution >= 0.6 is 0 Å². The number of nitrogens with one attached hydrogen (secondary N) is 1. The highest BCUT2D eigenvalue weighted by atomic mass is 32.2. The molecule has 0 fully saturated rings. The zero-order valence-electron chi connectivity index (χ0n) is 12.5. The summed E-state index contributed by atoms with van der Waals surface area (Å²) < 4.78 is 23.2. The normalized spacial score (nSPS) is 15.2. The second-order valence-electron chi connectivity index (χ2n) is 5.35. The molecular formula is C15H25NO2S. The van der Waals surface area contributed by atoms with Crippen molar-refractivity contribution in [2.45, 2.75) is 46.7 Å². The van der Waals surface area contributed by atoms with Gasteiger partial charge in [-0.2, -0.15) is 0 Å². The molecule has 108 valence electrons. The van der Waals surface area contributed by atoms with Crippen molar-refractivity contribution in [3.05, 3.63) is 34.9 Å². The van der Waals surface area contributed by atoms with E-state index >= 15 is 0 Å². The number of aryl methyl sites for hydroxylation is 2. The predicted molar refractivity (Wildman–Crippen MR) is 81.3 cm³/mol. The van der Waals surface area contributed by atoms with Crippen LogP contribution in [0.4, 0.5) is 0 Å². The van der Waals surface area contributed by atoms with Gasteiger partial charge < -0.3 is 5.32 Å². The number of hydrogen-bond acceptors (Lipinski definition) is 3.